The van der Waals surface area contributed by atoms with Gasteiger partial charge < -0.3 is 10.2 Å². The van der Waals surface area contributed by atoms with E-state index < -0.39 is 12.6 Å². The van der Waals surface area contributed by atoms with Gasteiger partial charge >= 0.3 is 6.18 Å². The van der Waals surface area contributed by atoms with Crippen LogP contribution in [0.15, 0.2) is 24.0 Å². The molecule has 0 saturated carbocycles. The second-order valence-corrected chi connectivity index (χ2v) is 10.5. The number of hydrogen-bond acceptors (Lipinski definition) is 6. The van der Waals surface area contributed by atoms with Crippen LogP contribution in [0.25, 0.3) is 10.2 Å². The zero-order valence-electron chi connectivity index (χ0n) is 19.2. The predicted octanol–water partition coefficient (Wildman–Crippen LogP) is 3.88. The first-order valence-corrected chi connectivity index (χ1v) is 12.1. The largest absolute Gasteiger partial charge is 0.393 e. The Morgan fingerprint density at radius 2 is 2.03 bits per heavy atom. The minimum Gasteiger partial charge on any atom is -0.356 e. The molecule has 180 valence electrons. The average Bonchev–Trinajstić information content (AvgIpc) is 3.34. The number of piperidine rings is 1. The van der Waals surface area contributed by atoms with Crippen LogP contribution in [-0.2, 0) is 11.2 Å². The monoisotopic (exact) mass is 481 g/mol. The minimum atomic E-state index is -4.23. The van der Waals surface area contributed by atoms with E-state index in [1.54, 1.807) is 19.2 Å². The molecule has 0 radical (unpaired) electrons. The molecule has 2 aromatic rings. The van der Waals surface area contributed by atoms with Crippen LogP contribution >= 0.6 is 11.3 Å². The van der Waals surface area contributed by atoms with Gasteiger partial charge in [-0.2, -0.15) is 13.2 Å². The summed E-state index contributed by atoms with van der Waals surface area (Å²) in [5, 5.41) is 3.38. The normalized spacial score (nSPS) is 22.3. The number of alkyl halides is 3. The SMILES string of the molecule is CNC(=O)/C=C(/CN1CC[C@@H]2CN(c3ncnc4sc(CC(F)(F)F)cc34)C[C@@H]2C1)C(C)C. The number of carbonyl (C=O) groups is 1. The van der Waals surface area contributed by atoms with Gasteiger partial charge in [-0.15, -0.1) is 11.3 Å². The highest BCUT2D eigenvalue weighted by Gasteiger charge is 2.38. The van der Waals surface area contributed by atoms with E-state index in [-0.39, 0.29) is 10.8 Å². The summed E-state index contributed by atoms with van der Waals surface area (Å²) in [6.07, 6.45) is -0.941. The molecule has 0 spiro atoms. The first-order valence-electron chi connectivity index (χ1n) is 11.3. The number of likely N-dealkylation sites (tertiary alicyclic amines) is 1. The molecule has 2 fully saturated rings. The van der Waals surface area contributed by atoms with Crippen molar-refractivity contribution in [2.24, 2.45) is 17.8 Å². The highest BCUT2D eigenvalue weighted by Crippen LogP contribution is 2.38. The number of aromatic nitrogens is 2. The van der Waals surface area contributed by atoms with Crippen molar-refractivity contribution in [3.8, 4) is 0 Å². The van der Waals surface area contributed by atoms with Crippen molar-refractivity contribution in [2.45, 2.75) is 32.9 Å². The first-order chi connectivity index (χ1) is 15.6. The highest BCUT2D eigenvalue weighted by molar-refractivity contribution is 7.18. The Kier molecular flexibility index (Phi) is 6.95. The van der Waals surface area contributed by atoms with Crippen molar-refractivity contribution < 1.29 is 18.0 Å². The molecule has 0 aliphatic carbocycles. The zero-order chi connectivity index (χ0) is 23.8. The third-order valence-electron chi connectivity index (χ3n) is 6.63. The fraction of sp³-hybridized carbons (Fsp3) is 0.609. The van der Waals surface area contributed by atoms with Crippen molar-refractivity contribution >= 4 is 33.3 Å². The summed E-state index contributed by atoms with van der Waals surface area (Å²) in [5.74, 6) is 1.95. The number of rotatable bonds is 6. The third kappa shape index (κ3) is 5.66. The van der Waals surface area contributed by atoms with Gasteiger partial charge in [0.1, 0.15) is 17.0 Å². The number of likely N-dealkylation sites (N-methyl/N-ethyl adjacent to an activating group) is 1. The summed E-state index contributed by atoms with van der Waals surface area (Å²) in [4.78, 5) is 26.0. The second kappa shape index (κ2) is 9.58. The lowest BCUT2D eigenvalue weighted by molar-refractivity contribution is -0.126. The number of carbonyl (C=O) groups excluding carboxylic acids is 1. The lowest BCUT2D eigenvalue weighted by Crippen LogP contribution is -2.41. The molecule has 2 aliphatic rings. The molecule has 2 aromatic heterocycles. The van der Waals surface area contributed by atoms with E-state index in [0.29, 0.717) is 28.0 Å². The van der Waals surface area contributed by atoms with Gasteiger partial charge in [-0.25, -0.2) is 9.97 Å². The molecule has 2 aliphatic heterocycles. The van der Waals surface area contributed by atoms with E-state index in [4.69, 9.17) is 0 Å². The number of fused-ring (bicyclic) bond motifs is 2. The van der Waals surface area contributed by atoms with Crippen LogP contribution in [0.5, 0.6) is 0 Å². The molecule has 2 saturated heterocycles. The summed E-state index contributed by atoms with van der Waals surface area (Å²) < 4.78 is 38.6. The molecule has 4 heterocycles. The van der Waals surface area contributed by atoms with E-state index in [2.05, 4.69) is 38.9 Å². The highest BCUT2D eigenvalue weighted by atomic mass is 32.1. The second-order valence-electron chi connectivity index (χ2n) is 9.36. The van der Waals surface area contributed by atoms with Crippen LogP contribution in [0.3, 0.4) is 0 Å². The Morgan fingerprint density at radius 1 is 1.27 bits per heavy atom. The summed E-state index contributed by atoms with van der Waals surface area (Å²) in [7, 11) is 1.64. The van der Waals surface area contributed by atoms with Crippen molar-refractivity contribution in [1.82, 2.24) is 20.2 Å². The number of thiophene rings is 1. The predicted molar refractivity (Wildman–Crippen MR) is 124 cm³/mol. The van der Waals surface area contributed by atoms with Gasteiger partial charge in [0.15, 0.2) is 0 Å². The van der Waals surface area contributed by atoms with Crippen LogP contribution in [-0.4, -0.2) is 66.7 Å². The molecule has 0 unspecified atom stereocenters. The Hall–Kier alpha value is -2.20. The fourth-order valence-corrected chi connectivity index (χ4v) is 5.90. The Labute approximate surface area is 195 Å². The number of amides is 1. The van der Waals surface area contributed by atoms with Gasteiger partial charge in [0.25, 0.3) is 0 Å². The molecular weight excluding hydrogens is 451 g/mol. The number of halogens is 3. The average molecular weight is 482 g/mol. The van der Waals surface area contributed by atoms with Gasteiger partial charge in [-0.3, -0.25) is 9.69 Å². The molecule has 6 nitrogen and oxygen atoms in total. The van der Waals surface area contributed by atoms with Crippen LogP contribution in [0.4, 0.5) is 19.0 Å². The molecule has 2 atom stereocenters. The molecule has 1 amide bonds. The Bertz CT molecular complexity index is 1030. The van der Waals surface area contributed by atoms with E-state index in [9.17, 15) is 18.0 Å². The van der Waals surface area contributed by atoms with Crippen molar-refractivity contribution in [1.29, 1.82) is 0 Å². The standard InChI is InChI=1S/C23H30F3N5OS/c1-14(2)16(6-20(32)27-3)9-30-5-4-15-11-31(12-17(15)10-30)21-19-7-18(8-23(24,25)26)33-22(19)29-13-28-21/h6-7,13-15,17H,4-5,8-12H2,1-3H3,(H,27,32)/b16-6-/t15-,17+/m1/s1. The minimum absolute atomic E-state index is 0.0749. The zero-order valence-corrected chi connectivity index (χ0v) is 20.0. The number of hydrogen-bond donors (Lipinski definition) is 1. The molecule has 0 bridgehead atoms. The summed E-state index contributed by atoms with van der Waals surface area (Å²) in [6, 6.07) is 1.61. The smallest absolute Gasteiger partial charge is 0.356 e. The van der Waals surface area contributed by atoms with Gasteiger partial charge in [0, 0.05) is 44.2 Å². The van der Waals surface area contributed by atoms with Crippen molar-refractivity contribution in [3.63, 3.8) is 0 Å². The van der Waals surface area contributed by atoms with E-state index in [0.717, 1.165) is 61.9 Å². The fourth-order valence-electron chi connectivity index (χ4n) is 4.88. The van der Waals surface area contributed by atoms with Gasteiger partial charge in [-0.1, -0.05) is 13.8 Å². The number of nitrogens with one attached hydrogen (secondary N) is 1. The van der Waals surface area contributed by atoms with Crippen molar-refractivity contribution in [3.05, 3.63) is 28.9 Å². The van der Waals surface area contributed by atoms with Crippen LogP contribution in [0.1, 0.15) is 25.1 Å². The van der Waals surface area contributed by atoms with Gasteiger partial charge in [0.2, 0.25) is 5.91 Å². The van der Waals surface area contributed by atoms with Crippen LogP contribution < -0.4 is 10.2 Å². The summed E-state index contributed by atoms with van der Waals surface area (Å²) in [5.41, 5.74) is 1.12. The van der Waals surface area contributed by atoms with E-state index in [1.165, 1.54) is 6.33 Å². The summed E-state index contributed by atoms with van der Waals surface area (Å²) >= 11 is 1.09. The summed E-state index contributed by atoms with van der Waals surface area (Å²) in [6.45, 7) is 8.59. The van der Waals surface area contributed by atoms with Crippen molar-refractivity contribution in [2.75, 3.05) is 44.7 Å². The lowest BCUT2D eigenvalue weighted by Gasteiger charge is -2.35. The molecule has 33 heavy (non-hydrogen) atoms. The quantitative estimate of drug-likeness (QED) is 0.635. The maximum Gasteiger partial charge on any atom is 0.393 e. The van der Waals surface area contributed by atoms with Crippen LogP contribution in [0.2, 0.25) is 0 Å². The molecular formula is C23H30F3N5OS. The maximum absolute atomic E-state index is 12.9. The molecule has 4 rings (SSSR count). The number of anilines is 1. The third-order valence-corrected chi connectivity index (χ3v) is 7.67. The number of nitrogens with zero attached hydrogens (tertiary/aromatic N) is 4. The topological polar surface area (TPSA) is 61.4 Å². The van der Waals surface area contributed by atoms with E-state index >= 15 is 0 Å². The Balaban J connectivity index is 1.47. The van der Waals surface area contributed by atoms with Crippen LogP contribution in [0, 0.1) is 17.8 Å². The lowest BCUT2D eigenvalue weighted by atomic mass is 9.88. The molecule has 1 N–H and O–H groups in total. The molecule has 0 aromatic carbocycles. The first kappa shape index (κ1) is 23.9. The van der Waals surface area contributed by atoms with Gasteiger partial charge in [0.05, 0.1) is 11.8 Å². The Morgan fingerprint density at radius 3 is 2.73 bits per heavy atom. The van der Waals surface area contributed by atoms with Gasteiger partial charge in [-0.05, 0) is 42.4 Å². The van der Waals surface area contributed by atoms with E-state index in [1.807, 2.05) is 0 Å². The maximum atomic E-state index is 12.9. The molecule has 10 heteroatoms.